The van der Waals surface area contributed by atoms with Crippen LogP contribution in [0, 0.1) is 11.8 Å². The number of amides is 15. The first-order chi connectivity index (χ1) is 48.0. The van der Waals surface area contributed by atoms with Gasteiger partial charge in [-0.1, -0.05) is 39.8 Å². The van der Waals surface area contributed by atoms with Gasteiger partial charge in [-0.3, -0.25) is 71.9 Å². The number of phenolic OH excluding ortho intramolecular Hbond substituents is 1. The number of carbonyl (C=O) groups excluding carboxylic acids is 15. The Morgan fingerprint density at radius 2 is 0.853 bits per heavy atom. The zero-order chi connectivity index (χ0) is 76.0. The summed E-state index contributed by atoms with van der Waals surface area (Å²) >= 11 is 0. The second kappa shape index (κ2) is 39.0. The van der Waals surface area contributed by atoms with Crippen LogP contribution in [0.25, 0.3) is 0 Å². The van der Waals surface area contributed by atoms with Gasteiger partial charge in [0.15, 0.2) is 0 Å². The minimum Gasteiger partial charge on any atom is -0.508 e. The summed E-state index contributed by atoms with van der Waals surface area (Å²) in [5.74, 6) is -14.2. The number of hydrogen-bond acceptors (Lipinski definition) is 20. The van der Waals surface area contributed by atoms with E-state index in [1.807, 2.05) is 0 Å². The van der Waals surface area contributed by atoms with E-state index in [0.717, 1.165) is 9.80 Å². The average Bonchev–Trinajstić information content (AvgIpc) is 1.78. The van der Waals surface area contributed by atoms with Crippen LogP contribution in [-0.2, 0) is 83.1 Å². The van der Waals surface area contributed by atoms with Gasteiger partial charge in [-0.15, -0.1) is 0 Å². The highest BCUT2D eigenvalue weighted by atomic mass is 16.4. The molecule has 0 radical (unpaired) electrons. The summed E-state index contributed by atoms with van der Waals surface area (Å²) < 4.78 is 0. The maximum Gasteiger partial charge on any atom is 0.326 e. The molecule has 4 heterocycles. The van der Waals surface area contributed by atoms with Crippen molar-refractivity contribution in [3.8, 4) is 5.75 Å². The van der Waals surface area contributed by atoms with Gasteiger partial charge in [0, 0.05) is 45.4 Å². The number of aliphatic hydroxyl groups is 2. The van der Waals surface area contributed by atoms with Crippen molar-refractivity contribution in [2.45, 2.75) is 229 Å². The maximum atomic E-state index is 14.5. The summed E-state index contributed by atoms with van der Waals surface area (Å²) in [6.45, 7) is 9.58. The van der Waals surface area contributed by atoms with Crippen LogP contribution in [0.4, 0.5) is 0 Å². The van der Waals surface area contributed by atoms with E-state index in [-0.39, 0.29) is 114 Å². The Morgan fingerprint density at radius 1 is 0.471 bits per heavy atom. The molecule has 0 bridgehead atoms. The molecular weight excluding hydrogens is 1340 g/mol. The third-order valence-corrected chi connectivity index (χ3v) is 18.2. The fraction of sp³-hybridized carbons (Fsp3) is 0.667. The largest absolute Gasteiger partial charge is 0.508 e. The molecule has 19 N–H and O–H groups in total. The lowest BCUT2D eigenvalue weighted by atomic mass is 9.99. The predicted octanol–water partition coefficient (Wildman–Crippen LogP) is -5.66. The number of nitrogens with two attached hydrogens (primary N) is 3. The fourth-order valence-electron chi connectivity index (χ4n) is 12.6. The van der Waals surface area contributed by atoms with Gasteiger partial charge in [0.1, 0.15) is 84.3 Å². The Bertz CT molecular complexity index is 3230. The van der Waals surface area contributed by atoms with Crippen LogP contribution in [0.3, 0.4) is 0 Å². The number of rotatable bonds is 37. The number of nitrogens with zero attached hydrogens (tertiary/aromatic N) is 4. The first-order valence-corrected chi connectivity index (χ1v) is 34.6. The number of carboxylic acid groups (broad SMARTS) is 1. The quantitative estimate of drug-likeness (QED) is 0.0295. The molecule has 36 heteroatoms. The molecule has 0 spiro atoms. The normalized spacial score (nSPS) is 20.2. The van der Waals surface area contributed by atoms with Crippen molar-refractivity contribution in [3.63, 3.8) is 0 Å². The van der Waals surface area contributed by atoms with E-state index in [4.69, 9.17) is 17.2 Å². The number of carboxylic acids is 1. The lowest BCUT2D eigenvalue weighted by molar-refractivity contribution is -0.149. The molecule has 4 fully saturated rings. The van der Waals surface area contributed by atoms with Gasteiger partial charge < -0.3 is 105 Å². The Labute approximate surface area is 590 Å². The van der Waals surface area contributed by atoms with E-state index >= 15 is 0 Å². The van der Waals surface area contributed by atoms with Crippen LogP contribution >= 0.6 is 0 Å². The van der Waals surface area contributed by atoms with Crippen LogP contribution < -0.4 is 65.1 Å². The average molecular weight is 1440 g/mol. The van der Waals surface area contributed by atoms with E-state index < -0.39 is 199 Å². The van der Waals surface area contributed by atoms with Crippen molar-refractivity contribution in [2.75, 3.05) is 39.3 Å². The van der Waals surface area contributed by atoms with Crippen LogP contribution in [0.2, 0.25) is 0 Å². The second-order valence-electron chi connectivity index (χ2n) is 27.3. The number of likely N-dealkylation sites (tertiary alicyclic amines) is 4. The molecule has 0 aliphatic carbocycles. The Balaban J connectivity index is 1.24. The highest BCUT2D eigenvalue weighted by molar-refractivity contribution is 6.00. The zero-order valence-corrected chi connectivity index (χ0v) is 58.7. The van der Waals surface area contributed by atoms with Crippen LogP contribution in [-0.4, -0.2) is 259 Å². The van der Waals surface area contributed by atoms with Crippen LogP contribution in [0.15, 0.2) is 24.3 Å². The SMILES string of the molecule is CC(C)C[C@H](NC(=O)[C@H](CO)NC(=O)[C@H](Cc1ccc(O)cc1)NC(=O)[C@@H]1CCCN1C(=O)[C@H](CCC(N)=O)NC(=O)[C@H](C)NC(=O)[C@@H]1CCCN1C(=O)[C@@H](N)[C@@H](C)O)C(=O)N[C@@H](CC(C)C)C(=O)N1CCC[C@H]1C(=O)NCC(=O)N[C@@H](C)C(=O)N[C@@H](CCC(N)=O)C(=O)N1CCC[C@H]1C(=O)O. The molecule has 4 aliphatic rings. The number of hydrogen-bond donors (Lipinski definition) is 16. The number of aromatic hydroxyl groups is 1. The topological polar surface area (TPSA) is 553 Å². The molecule has 5 rings (SSSR count). The third kappa shape index (κ3) is 24.0. The Hall–Kier alpha value is -9.58. The summed E-state index contributed by atoms with van der Waals surface area (Å²) in [5.41, 5.74) is 17.0. The molecule has 0 saturated carbocycles. The van der Waals surface area contributed by atoms with E-state index in [9.17, 15) is 97.1 Å². The lowest BCUT2D eigenvalue weighted by Crippen LogP contribution is -2.61. The molecule has 1 aromatic rings. The Morgan fingerprint density at radius 3 is 1.31 bits per heavy atom. The van der Waals surface area contributed by atoms with E-state index in [0.29, 0.717) is 24.8 Å². The van der Waals surface area contributed by atoms with Gasteiger partial charge in [0.05, 0.1) is 19.3 Å². The van der Waals surface area contributed by atoms with Crippen LogP contribution in [0.5, 0.6) is 5.75 Å². The molecule has 566 valence electrons. The summed E-state index contributed by atoms with van der Waals surface area (Å²) in [6, 6.07) is -11.8. The van der Waals surface area contributed by atoms with Gasteiger partial charge in [0.25, 0.3) is 0 Å². The van der Waals surface area contributed by atoms with Gasteiger partial charge in [-0.2, -0.15) is 0 Å². The number of aliphatic hydroxyl groups excluding tert-OH is 2. The van der Waals surface area contributed by atoms with E-state index in [1.165, 1.54) is 54.8 Å². The number of phenols is 1. The molecule has 15 amide bonds. The first-order valence-electron chi connectivity index (χ1n) is 34.6. The first kappa shape index (κ1) is 83.1. The minimum atomic E-state index is -1.78. The predicted molar refractivity (Wildman–Crippen MR) is 361 cm³/mol. The molecule has 36 nitrogen and oxygen atoms in total. The number of primary amides is 2. The van der Waals surface area contributed by atoms with Gasteiger partial charge in [-0.25, -0.2) is 4.79 Å². The molecule has 102 heavy (non-hydrogen) atoms. The molecule has 4 saturated heterocycles. The van der Waals surface area contributed by atoms with Crippen molar-refractivity contribution in [3.05, 3.63) is 29.8 Å². The molecule has 14 atom stereocenters. The lowest BCUT2D eigenvalue weighted by Gasteiger charge is -2.31. The van der Waals surface area contributed by atoms with Gasteiger partial charge in [-0.05, 0) is 127 Å². The molecule has 4 aliphatic heterocycles. The van der Waals surface area contributed by atoms with Crippen molar-refractivity contribution in [2.24, 2.45) is 29.0 Å². The van der Waals surface area contributed by atoms with E-state index in [1.54, 1.807) is 27.7 Å². The van der Waals surface area contributed by atoms with Crippen molar-refractivity contribution < 1.29 is 97.1 Å². The Kier molecular flexibility index (Phi) is 31.8. The monoisotopic (exact) mass is 1440 g/mol. The van der Waals surface area contributed by atoms with Crippen molar-refractivity contribution >= 4 is 94.6 Å². The van der Waals surface area contributed by atoms with Crippen molar-refractivity contribution in [1.29, 1.82) is 0 Å². The number of nitrogens with one attached hydrogen (secondary N) is 9. The highest BCUT2D eigenvalue weighted by Crippen LogP contribution is 2.25. The van der Waals surface area contributed by atoms with Gasteiger partial charge in [0.2, 0.25) is 88.6 Å². The maximum absolute atomic E-state index is 14.5. The smallest absolute Gasteiger partial charge is 0.326 e. The molecule has 0 aromatic heterocycles. The van der Waals surface area contributed by atoms with Crippen LogP contribution in [0.1, 0.15) is 144 Å². The summed E-state index contributed by atoms with van der Waals surface area (Å²) in [5, 5.41) is 63.1. The molecule has 1 aromatic carbocycles. The van der Waals surface area contributed by atoms with Gasteiger partial charge >= 0.3 is 5.97 Å². The second-order valence-corrected chi connectivity index (χ2v) is 27.3. The summed E-state index contributed by atoms with van der Waals surface area (Å²) in [7, 11) is 0. The summed E-state index contributed by atoms with van der Waals surface area (Å²) in [6.07, 6.45) is -0.738. The number of carbonyl (C=O) groups is 16. The minimum absolute atomic E-state index is 0.0332. The summed E-state index contributed by atoms with van der Waals surface area (Å²) in [4.78, 5) is 220. The van der Waals surface area contributed by atoms with Crippen molar-refractivity contribution in [1.82, 2.24) is 67.5 Å². The standard InChI is InChI=1S/C66H102N16O20/c1-33(2)28-42(56(91)77-44(29-34(3)4)64(99)79-24-8-12-46(79)59(94)70-31-52(88)71-35(5)54(89)73-41(21-23-51(68)87)63(98)82-27-11-15-49(82)66(101)102)75-58(93)45(32-83)78-57(92)43(30-38-16-18-39(85)19-17-38)76-61(96)48-14-9-25-80(48)62(97)40(20-22-50(67)86)74-55(90)36(6)72-60(95)47-13-10-26-81(47)65(100)53(69)37(7)84/h16-19,33-37,40-49,53,83-85H,8-15,20-32,69H2,1-7H3,(H2,67,86)(H2,68,87)(H,70,94)(H,71,88)(H,72,95)(H,73,89)(H,74,90)(H,75,93)(H,76,96)(H,77,91)(H,78,92)(H,101,102)/t35-,36-,37+,40-,41-,42-,43-,44-,45-,46-,47-,48-,49-,53-/m0/s1. The van der Waals surface area contributed by atoms with E-state index in [2.05, 4.69) is 47.9 Å². The third-order valence-electron chi connectivity index (χ3n) is 18.2. The fourth-order valence-corrected chi connectivity index (χ4v) is 12.6. The molecule has 0 unspecified atom stereocenters. The zero-order valence-electron chi connectivity index (χ0n) is 58.7. The highest BCUT2D eigenvalue weighted by Gasteiger charge is 2.44. The molecular formula is C66H102N16O20. The number of benzene rings is 1. The number of aliphatic carboxylic acids is 1.